The maximum atomic E-state index is 5.30. The highest BCUT2D eigenvalue weighted by atomic mass is 15.0. The van der Waals surface area contributed by atoms with Gasteiger partial charge in [-0.15, -0.1) is 0 Å². The zero-order valence-electron chi connectivity index (χ0n) is 34.9. The maximum Gasteiger partial charge on any atom is 0.0722 e. The summed E-state index contributed by atoms with van der Waals surface area (Å²) in [6, 6.07) is 85.9. The lowest BCUT2D eigenvalue weighted by molar-refractivity contribution is 1.13. The molecule has 0 spiro atoms. The van der Waals surface area contributed by atoms with E-state index in [0.717, 1.165) is 50.4 Å². The summed E-state index contributed by atoms with van der Waals surface area (Å²) < 4.78 is 4.86. The van der Waals surface area contributed by atoms with Crippen LogP contribution in [0.15, 0.2) is 237 Å². The lowest BCUT2D eigenvalue weighted by atomic mass is 9.93. The van der Waals surface area contributed by atoms with E-state index in [1.165, 1.54) is 70.9 Å². The largest absolute Gasteiger partial charge is 0.309 e. The molecule has 0 fully saturated rings. The fourth-order valence-corrected chi connectivity index (χ4v) is 10.1. The van der Waals surface area contributed by atoms with Gasteiger partial charge in [0.15, 0.2) is 0 Å². The van der Waals surface area contributed by atoms with E-state index in [-0.39, 0.29) is 0 Å². The van der Waals surface area contributed by atoms with Gasteiger partial charge in [0.05, 0.1) is 33.3 Å². The van der Waals surface area contributed by atoms with Crippen molar-refractivity contribution in [1.29, 1.82) is 0 Å². The van der Waals surface area contributed by atoms with Gasteiger partial charge in [-0.25, -0.2) is 4.98 Å². The summed E-state index contributed by atoms with van der Waals surface area (Å²) in [4.78, 5) is 5.30. The van der Waals surface area contributed by atoms with Gasteiger partial charge >= 0.3 is 0 Å². The van der Waals surface area contributed by atoms with Crippen LogP contribution in [0.5, 0.6) is 0 Å². The molecule has 13 rings (SSSR count). The molecule has 3 nitrogen and oxygen atoms in total. The highest BCUT2D eigenvalue weighted by molar-refractivity contribution is 6.14. The van der Waals surface area contributed by atoms with E-state index in [9.17, 15) is 0 Å². The number of fused-ring (bicyclic) bond motifs is 9. The predicted molar refractivity (Wildman–Crippen MR) is 270 cm³/mol. The smallest absolute Gasteiger partial charge is 0.0722 e. The van der Waals surface area contributed by atoms with E-state index >= 15 is 0 Å². The first kappa shape index (κ1) is 36.2. The van der Waals surface area contributed by atoms with E-state index in [4.69, 9.17) is 4.98 Å². The number of pyridine rings is 1. The van der Waals surface area contributed by atoms with Crippen molar-refractivity contribution in [2.75, 3.05) is 0 Å². The van der Waals surface area contributed by atoms with Crippen LogP contribution in [0.1, 0.15) is 0 Å². The van der Waals surface area contributed by atoms with Gasteiger partial charge < -0.3 is 9.13 Å². The van der Waals surface area contributed by atoms with E-state index in [2.05, 4.69) is 246 Å². The molecule has 0 saturated carbocycles. The van der Waals surface area contributed by atoms with Crippen LogP contribution in [0, 0.1) is 0 Å². The summed E-state index contributed by atoms with van der Waals surface area (Å²) >= 11 is 0. The minimum atomic E-state index is 0.958. The van der Waals surface area contributed by atoms with Gasteiger partial charge in [-0.3, -0.25) is 0 Å². The first-order valence-corrected chi connectivity index (χ1v) is 21.9. The third-order valence-corrected chi connectivity index (χ3v) is 13.1. The Morgan fingerprint density at radius 3 is 1.33 bits per heavy atom. The molecule has 0 aliphatic rings. The monoisotopic (exact) mass is 813 g/mol. The zero-order chi connectivity index (χ0) is 42.1. The first-order chi connectivity index (χ1) is 31.7. The fourth-order valence-electron chi connectivity index (χ4n) is 10.1. The second-order valence-corrected chi connectivity index (χ2v) is 16.7. The van der Waals surface area contributed by atoms with Crippen molar-refractivity contribution >= 4 is 65.3 Å². The molecule has 298 valence electrons. The van der Waals surface area contributed by atoms with Crippen molar-refractivity contribution in [3.05, 3.63) is 237 Å². The lowest BCUT2D eigenvalue weighted by Crippen LogP contribution is -2.00. The Morgan fingerprint density at radius 2 is 0.750 bits per heavy atom. The van der Waals surface area contributed by atoms with Gasteiger partial charge in [0.1, 0.15) is 0 Å². The van der Waals surface area contributed by atoms with E-state index in [0.29, 0.717) is 0 Å². The van der Waals surface area contributed by atoms with Crippen molar-refractivity contribution in [2.45, 2.75) is 0 Å². The molecule has 0 aliphatic heterocycles. The van der Waals surface area contributed by atoms with Crippen LogP contribution in [0.25, 0.3) is 121 Å². The molecule has 3 aromatic heterocycles. The Kier molecular flexibility index (Phi) is 8.22. The number of aromatic nitrogens is 3. The number of para-hydroxylation sites is 4. The van der Waals surface area contributed by atoms with Crippen LogP contribution in [-0.4, -0.2) is 14.1 Å². The second kappa shape index (κ2) is 14.5. The molecule has 0 unspecified atom stereocenters. The quantitative estimate of drug-likeness (QED) is 0.153. The van der Waals surface area contributed by atoms with Crippen molar-refractivity contribution in [3.63, 3.8) is 0 Å². The number of hydrogen-bond acceptors (Lipinski definition) is 1. The average molecular weight is 814 g/mol. The highest BCUT2D eigenvalue weighted by Crippen LogP contribution is 2.40. The highest BCUT2D eigenvalue weighted by Gasteiger charge is 2.18. The molecule has 10 aromatic carbocycles. The predicted octanol–water partition coefficient (Wildman–Crippen LogP) is 16.3. The molecular weight excluding hydrogens is 775 g/mol. The van der Waals surface area contributed by atoms with Gasteiger partial charge in [-0.2, -0.15) is 0 Å². The molecule has 0 N–H and O–H groups in total. The average Bonchev–Trinajstić information content (AvgIpc) is 3.89. The van der Waals surface area contributed by atoms with Crippen molar-refractivity contribution in [2.24, 2.45) is 0 Å². The third kappa shape index (κ3) is 5.79. The molecule has 0 bridgehead atoms. The molecule has 0 radical (unpaired) electrons. The van der Waals surface area contributed by atoms with Crippen LogP contribution in [0.2, 0.25) is 0 Å². The zero-order valence-corrected chi connectivity index (χ0v) is 34.9. The van der Waals surface area contributed by atoms with Gasteiger partial charge in [-0.05, 0) is 105 Å². The summed E-state index contributed by atoms with van der Waals surface area (Å²) in [5.41, 5.74) is 17.0. The second-order valence-electron chi connectivity index (χ2n) is 16.7. The van der Waals surface area contributed by atoms with Crippen LogP contribution >= 0.6 is 0 Å². The van der Waals surface area contributed by atoms with E-state index in [1.54, 1.807) is 0 Å². The first-order valence-electron chi connectivity index (χ1n) is 21.9. The van der Waals surface area contributed by atoms with Gasteiger partial charge in [-0.1, -0.05) is 176 Å². The van der Waals surface area contributed by atoms with Gasteiger partial charge in [0.2, 0.25) is 0 Å². The minimum absolute atomic E-state index is 0.958. The molecular formula is C61H39N3. The van der Waals surface area contributed by atoms with Crippen LogP contribution in [-0.2, 0) is 0 Å². The van der Waals surface area contributed by atoms with Crippen LogP contribution in [0.3, 0.4) is 0 Å². The topological polar surface area (TPSA) is 22.8 Å². The van der Waals surface area contributed by atoms with Crippen LogP contribution in [0.4, 0.5) is 0 Å². The Morgan fingerprint density at radius 1 is 0.281 bits per heavy atom. The standard InChI is InChI=1S/C61H39N3/c1-2-15-42(16-3-1)54-39-56(62-55-34-33-43-17-4-5-20-49(43)61(54)55)45-19-14-18-44(35-45)40-29-31-41(32-30-40)46-36-47(63-57-25-10-6-21-50(57)51-22-7-11-26-58(51)63)38-48(37-46)64-59-27-12-8-23-52(59)53-24-9-13-28-60(53)64/h1-39H. The molecule has 0 aliphatic carbocycles. The number of nitrogens with zero attached hydrogens (tertiary/aromatic N) is 3. The summed E-state index contributed by atoms with van der Waals surface area (Å²) in [5.74, 6) is 0. The molecule has 64 heavy (non-hydrogen) atoms. The Balaban J connectivity index is 0.949. The molecule has 0 atom stereocenters. The van der Waals surface area contributed by atoms with Crippen LogP contribution < -0.4 is 0 Å². The van der Waals surface area contributed by atoms with Crippen molar-refractivity contribution < 1.29 is 0 Å². The molecule has 3 heterocycles. The normalized spacial score (nSPS) is 11.8. The number of rotatable bonds is 6. The Hall–Kier alpha value is -8.53. The Labute approximate surface area is 370 Å². The Bertz CT molecular complexity index is 3710. The summed E-state index contributed by atoms with van der Waals surface area (Å²) in [7, 11) is 0. The summed E-state index contributed by atoms with van der Waals surface area (Å²) in [6.45, 7) is 0. The van der Waals surface area contributed by atoms with Gasteiger partial charge in [0, 0.05) is 43.9 Å². The van der Waals surface area contributed by atoms with Crippen molar-refractivity contribution in [3.8, 4) is 56.0 Å². The lowest BCUT2D eigenvalue weighted by Gasteiger charge is -2.16. The van der Waals surface area contributed by atoms with E-state index < -0.39 is 0 Å². The fraction of sp³-hybridized carbons (Fsp3) is 0. The van der Waals surface area contributed by atoms with Crippen molar-refractivity contribution in [1.82, 2.24) is 14.1 Å². The maximum absolute atomic E-state index is 5.30. The summed E-state index contributed by atoms with van der Waals surface area (Å²) in [6.07, 6.45) is 0. The number of hydrogen-bond donors (Lipinski definition) is 0. The minimum Gasteiger partial charge on any atom is -0.309 e. The van der Waals surface area contributed by atoms with Gasteiger partial charge in [0.25, 0.3) is 0 Å². The molecule has 0 amide bonds. The number of benzene rings is 10. The summed E-state index contributed by atoms with van der Waals surface area (Å²) in [5, 5.41) is 8.61. The molecule has 13 aromatic rings. The molecule has 0 saturated heterocycles. The SMILES string of the molecule is c1ccc(-c2cc(-c3cccc(-c4ccc(-c5cc(-n6c7ccccc7c7ccccc76)cc(-n6c7ccccc7c7ccccc76)c5)cc4)c3)nc3ccc4ccccc4c23)cc1. The molecule has 3 heteroatoms. The van der Waals surface area contributed by atoms with E-state index in [1.807, 2.05) is 0 Å². The third-order valence-electron chi connectivity index (χ3n) is 13.1.